The number of aromatic nitrogens is 6. The second-order valence-corrected chi connectivity index (χ2v) is 10.6. The Morgan fingerprint density at radius 3 is 2.65 bits per heavy atom. The van der Waals surface area contributed by atoms with Gasteiger partial charge in [0.15, 0.2) is 5.82 Å². The molecule has 2 N–H and O–H groups in total. The van der Waals surface area contributed by atoms with Gasteiger partial charge in [0.2, 0.25) is 0 Å². The van der Waals surface area contributed by atoms with E-state index >= 15 is 0 Å². The first kappa shape index (κ1) is 24.6. The number of carbonyl (C=O) groups is 1. The van der Waals surface area contributed by atoms with E-state index in [-0.39, 0.29) is 11.5 Å². The molecule has 0 saturated carbocycles. The van der Waals surface area contributed by atoms with Crippen LogP contribution in [0.25, 0.3) is 28.1 Å². The molecule has 1 aliphatic heterocycles. The lowest BCUT2D eigenvalue weighted by molar-refractivity contribution is 0.163. The van der Waals surface area contributed by atoms with Gasteiger partial charge in [-0.2, -0.15) is 5.10 Å². The highest BCUT2D eigenvalue weighted by molar-refractivity contribution is 5.82. The van der Waals surface area contributed by atoms with Gasteiger partial charge in [0, 0.05) is 30.9 Å². The lowest BCUT2D eigenvalue weighted by Crippen LogP contribution is -2.53. The molecule has 5 rings (SSSR count). The number of fused-ring (bicyclic) bond motifs is 1. The molecule has 10 heteroatoms. The van der Waals surface area contributed by atoms with E-state index in [0.29, 0.717) is 24.0 Å². The predicted molar refractivity (Wildman–Crippen MR) is 142 cm³/mol. The molecular formula is C27H32N8O2. The van der Waals surface area contributed by atoms with Crippen molar-refractivity contribution in [3.8, 4) is 17.2 Å². The SMILES string of the molecule is CCc1cncc(-c2cc3c(cn2)cnn3-c2cccc(N3CC(NC(=O)O)CC(C(C)(C)C)C3)n2)n1. The second-order valence-electron chi connectivity index (χ2n) is 10.6. The third-order valence-corrected chi connectivity index (χ3v) is 7.03. The van der Waals surface area contributed by atoms with E-state index in [1.54, 1.807) is 29.5 Å². The molecule has 4 aromatic rings. The number of amides is 1. The van der Waals surface area contributed by atoms with Crippen LogP contribution in [0.3, 0.4) is 0 Å². The molecule has 0 aromatic carbocycles. The van der Waals surface area contributed by atoms with Crippen LogP contribution in [0.1, 0.15) is 39.8 Å². The van der Waals surface area contributed by atoms with E-state index in [1.165, 1.54) is 0 Å². The summed E-state index contributed by atoms with van der Waals surface area (Å²) in [6, 6.07) is 7.65. The summed E-state index contributed by atoms with van der Waals surface area (Å²) in [4.78, 5) is 32.1. The smallest absolute Gasteiger partial charge is 0.404 e. The van der Waals surface area contributed by atoms with Crippen LogP contribution in [0, 0.1) is 11.3 Å². The Kier molecular flexibility index (Phi) is 6.49. The molecule has 37 heavy (non-hydrogen) atoms. The number of nitrogens with zero attached hydrogens (tertiary/aromatic N) is 7. The standard InChI is InChI=1S/C27H32N8O2/c1-5-19-13-28-14-22(31-19)21-10-23-17(11-29-21)12-30-35(23)25-8-6-7-24(33-25)34-15-18(27(2,3)4)9-20(16-34)32-26(36)37/h6-8,10-14,18,20,32H,5,9,15-16H2,1-4H3,(H,36,37). The summed E-state index contributed by atoms with van der Waals surface area (Å²) in [7, 11) is 0. The molecule has 2 atom stereocenters. The average Bonchev–Trinajstić information content (AvgIpc) is 3.31. The maximum Gasteiger partial charge on any atom is 0.404 e. The first-order valence-corrected chi connectivity index (χ1v) is 12.6. The molecule has 2 unspecified atom stereocenters. The molecule has 0 aliphatic carbocycles. The van der Waals surface area contributed by atoms with Crippen LogP contribution in [-0.2, 0) is 6.42 Å². The molecule has 0 bridgehead atoms. The zero-order valence-electron chi connectivity index (χ0n) is 21.6. The largest absolute Gasteiger partial charge is 0.465 e. The zero-order valence-corrected chi connectivity index (χ0v) is 21.6. The van der Waals surface area contributed by atoms with E-state index in [1.807, 2.05) is 31.2 Å². The summed E-state index contributed by atoms with van der Waals surface area (Å²) >= 11 is 0. The van der Waals surface area contributed by atoms with Crippen LogP contribution in [0.2, 0.25) is 0 Å². The fourth-order valence-corrected chi connectivity index (χ4v) is 4.84. The molecule has 0 radical (unpaired) electrons. The van der Waals surface area contributed by atoms with Gasteiger partial charge in [-0.1, -0.05) is 33.8 Å². The minimum absolute atomic E-state index is 0.0360. The van der Waals surface area contributed by atoms with Crippen LogP contribution in [0.15, 0.2) is 49.1 Å². The quantitative estimate of drug-likeness (QED) is 0.415. The van der Waals surface area contributed by atoms with E-state index < -0.39 is 6.09 Å². The van der Waals surface area contributed by atoms with Crippen LogP contribution < -0.4 is 10.2 Å². The maximum absolute atomic E-state index is 11.4. The van der Waals surface area contributed by atoms with Crippen LogP contribution >= 0.6 is 0 Å². The first-order valence-electron chi connectivity index (χ1n) is 12.6. The van der Waals surface area contributed by atoms with Crippen LogP contribution in [0.5, 0.6) is 0 Å². The highest BCUT2D eigenvalue weighted by atomic mass is 16.4. The Labute approximate surface area is 215 Å². The van der Waals surface area contributed by atoms with E-state index in [4.69, 9.17) is 4.98 Å². The summed E-state index contributed by atoms with van der Waals surface area (Å²) in [5.41, 5.74) is 3.26. The molecule has 1 aliphatic rings. The molecule has 5 heterocycles. The van der Waals surface area contributed by atoms with Gasteiger partial charge in [-0.3, -0.25) is 9.97 Å². The molecule has 1 amide bonds. The Morgan fingerprint density at radius 1 is 1.08 bits per heavy atom. The van der Waals surface area contributed by atoms with Crippen molar-refractivity contribution >= 4 is 22.8 Å². The number of nitrogens with one attached hydrogen (secondary N) is 1. The fraction of sp³-hybridized carbons (Fsp3) is 0.407. The number of anilines is 1. The molecule has 4 aromatic heterocycles. The normalized spacial score (nSPS) is 18.2. The fourth-order valence-electron chi connectivity index (χ4n) is 4.84. The first-order chi connectivity index (χ1) is 17.7. The summed E-state index contributed by atoms with van der Waals surface area (Å²) in [6.45, 7) is 10.0. The topological polar surface area (TPSA) is 122 Å². The maximum atomic E-state index is 11.4. The van der Waals surface area contributed by atoms with Crippen LogP contribution in [-0.4, -0.2) is 60.0 Å². The van der Waals surface area contributed by atoms with Crippen molar-refractivity contribution in [3.63, 3.8) is 0 Å². The van der Waals surface area contributed by atoms with Crippen molar-refractivity contribution in [2.75, 3.05) is 18.0 Å². The third kappa shape index (κ3) is 5.23. The number of aryl methyl sites for hydroxylation is 1. The van der Waals surface area contributed by atoms with Crippen molar-refractivity contribution in [2.45, 2.75) is 46.6 Å². The van der Waals surface area contributed by atoms with E-state index in [2.05, 4.69) is 51.0 Å². The van der Waals surface area contributed by atoms with Gasteiger partial charge in [0.1, 0.15) is 11.5 Å². The zero-order chi connectivity index (χ0) is 26.2. The van der Waals surface area contributed by atoms with E-state index in [0.717, 1.165) is 47.5 Å². The molecule has 0 spiro atoms. The van der Waals surface area contributed by atoms with Gasteiger partial charge < -0.3 is 15.3 Å². The average molecular weight is 501 g/mol. The number of hydrogen-bond acceptors (Lipinski definition) is 7. The molecule has 1 fully saturated rings. The van der Waals surface area contributed by atoms with Gasteiger partial charge in [-0.05, 0) is 42.4 Å². The van der Waals surface area contributed by atoms with Crippen molar-refractivity contribution < 1.29 is 9.90 Å². The van der Waals surface area contributed by atoms with Crippen molar-refractivity contribution in [1.29, 1.82) is 0 Å². The Hall–Kier alpha value is -4.08. The second kappa shape index (κ2) is 9.76. The summed E-state index contributed by atoms with van der Waals surface area (Å²) in [6.07, 6.45) is 7.65. The summed E-state index contributed by atoms with van der Waals surface area (Å²) in [5, 5.41) is 17.5. The van der Waals surface area contributed by atoms with Crippen molar-refractivity contribution in [2.24, 2.45) is 11.3 Å². The van der Waals surface area contributed by atoms with Crippen LogP contribution in [0.4, 0.5) is 10.6 Å². The monoisotopic (exact) mass is 500 g/mol. The summed E-state index contributed by atoms with van der Waals surface area (Å²) in [5.74, 6) is 1.78. The van der Waals surface area contributed by atoms with E-state index in [9.17, 15) is 9.90 Å². The summed E-state index contributed by atoms with van der Waals surface area (Å²) < 4.78 is 1.80. The highest BCUT2D eigenvalue weighted by Crippen LogP contribution is 2.35. The number of piperidine rings is 1. The van der Waals surface area contributed by atoms with Gasteiger partial charge in [0.25, 0.3) is 0 Å². The lowest BCUT2D eigenvalue weighted by Gasteiger charge is -2.43. The third-order valence-electron chi connectivity index (χ3n) is 7.03. The molecule has 1 saturated heterocycles. The van der Waals surface area contributed by atoms with Crippen molar-refractivity contribution in [3.05, 3.63) is 54.7 Å². The predicted octanol–water partition coefficient (Wildman–Crippen LogP) is 4.34. The highest BCUT2D eigenvalue weighted by Gasteiger charge is 2.35. The molecule has 10 nitrogen and oxygen atoms in total. The Bertz CT molecular complexity index is 1430. The Morgan fingerprint density at radius 2 is 1.89 bits per heavy atom. The number of rotatable bonds is 5. The van der Waals surface area contributed by atoms with Gasteiger partial charge in [-0.15, -0.1) is 0 Å². The minimum atomic E-state index is -0.997. The van der Waals surface area contributed by atoms with Gasteiger partial charge in [-0.25, -0.2) is 19.4 Å². The molecule has 192 valence electrons. The number of hydrogen-bond donors (Lipinski definition) is 2. The lowest BCUT2D eigenvalue weighted by atomic mass is 9.75. The number of pyridine rings is 2. The van der Waals surface area contributed by atoms with Crippen molar-refractivity contribution in [1.82, 2.24) is 35.0 Å². The van der Waals surface area contributed by atoms with Gasteiger partial charge in [0.05, 0.1) is 35.3 Å². The minimum Gasteiger partial charge on any atom is -0.465 e. The number of carboxylic acid groups (broad SMARTS) is 1. The van der Waals surface area contributed by atoms with Gasteiger partial charge >= 0.3 is 6.09 Å². The Balaban J connectivity index is 1.49. The molecular weight excluding hydrogens is 468 g/mol.